The van der Waals surface area contributed by atoms with E-state index in [0.29, 0.717) is 41.6 Å². The lowest BCUT2D eigenvalue weighted by Crippen LogP contribution is -2.39. The third-order valence-corrected chi connectivity index (χ3v) is 6.27. The molecule has 0 amide bonds. The molecule has 0 aliphatic heterocycles. The van der Waals surface area contributed by atoms with Crippen LogP contribution in [-0.4, -0.2) is 51.7 Å². The third kappa shape index (κ3) is 4.04. The Morgan fingerprint density at radius 2 is 2.23 bits per heavy atom. The number of aromatic nitrogens is 5. The van der Waals surface area contributed by atoms with E-state index >= 15 is 0 Å². The normalized spacial score (nSPS) is 18.6. The van der Waals surface area contributed by atoms with Crippen molar-refractivity contribution in [2.24, 2.45) is 0 Å². The van der Waals surface area contributed by atoms with Gasteiger partial charge >= 0.3 is 0 Å². The maximum Gasteiger partial charge on any atom is 0.264 e. The summed E-state index contributed by atoms with van der Waals surface area (Å²) in [5.74, 6) is 0.479. The first-order valence-corrected chi connectivity index (χ1v) is 11.8. The second-order valence-corrected chi connectivity index (χ2v) is 9.37. The largest absolute Gasteiger partial charge is 0.382 e. The predicted octanol–water partition coefficient (Wildman–Crippen LogP) is 1.68. The summed E-state index contributed by atoms with van der Waals surface area (Å²) in [6.45, 7) is 2.18. The molecule has 3 heterocycles. The minimum Gasteiger partial charge on any atom is -0.382 e. The van der Waals surface area contributed by atoms with Crippen LogP contribution >= 0.6 is 11.6 Å². The summed E-state index contributed by atoms with van der Waals surface area (Å²) < 4.78 is 31.2. The molecule has 2 atom stereocenters. The average Bonchev–Trinajstić information content (AvgIpc) is 3.24. The Labute approximate surface area is 183 Å². The predicted molar refractivity (Wildman–Crippen MR) is 114 cm³/mol. The zero-order valence-corrected chi connectivity index (χ0v) is 18.5. The van der Waals surface area contributed by atoms with Crippen molar-refractivity contribution in [3.63, 3.8) is 0 Å². The Kier molecular flexibility index (Phi) is 5.50. The number of nitrogen functional groups attached to an aromatic ring is 1. The molecule has 0 saturated heterocycles. The highest BCUT2D eigenvalue weighted by molar-refractivity contribution is 7.86. The van der Waals surface area contributed by atoms with Crippen molar-refractivity contribution in [1.82, 2.24) is 24.4 Å². The van der Waals surface area contributed by atoms with Crippen LogP contribution in [0.3, 0.4) is 0 Å². The number of nitrogens with one attached hydrogen (secondary N) is 1. The van der Waals surface area contributed by atoms with Crippen LogP contribution in [0.25, 0.3) is 5.65 Å². The monoisotopic (exact) mass is 464 g/mol. The fourth-order valence-corrected chi connectivity index (χ4v) is 4.44. The van der Waals surface area contributed by atoms with Gasteiger partial charge in [0.05, 0.1) is 24.1 Å². The standard InChI is InChI=1S/C18H21ClN8O3S/c1-10-15(19)18-24-17(12(9-20)16(21)27(18)25-10)22-7-5-11-6-8-23-26(11)13-3-4-14(13)30-31(2,28)29/h6,8,13-14H,3-5,7,21H2,1-2H3,(H,22,24). The van der Waals surface area contributed by atoms with Gasteiger partial charge in [-0.25, -0.2) is 4.98 Å². The Morgan fingerprint density at radius 1 is 1.45 bits per heavy atom. The van der Waals surface area contributed by atoms with Crippen LogP contribution in [-0.2, 0) is 20.7 Å². The van der Waals surface area contributed by atoms with E-state index in [9.17, 15) is 13.7 Å². The summed E-state index contributed by atoms with van der Waals surface area (Å²) >= 11 is 6.26. The van der Waals surface area contributed by atoms with Crippen LogP contribution in [0.2, 0.25) is 5.02 Å². The number of nitrogens with zero attached hydrogens (tertiary/aromatic N) is 6. The highest BCUT2D eigenvalue weighted by Crippen LogP contribution is 2.36. The van der Waals surface area contributed by atoms with E-state index in [1.807, 2.05) is 6.07 Å². The van der Waals surface area contributed by atoms with Crippen molar-refractivity contribution in [3.05, 3.63) is 34.2 Å². The van der Waals surface area contributed by atoms with Crippen LogP contribution in [0, 0.1) is 18.3 Å². The molecule has 0 aromatic carbocycles. The van der Waals surface area contributed by atoms with Crippen LogP contribution < -0.4 is 11.1 Å². The van der Waals surface area contributed by atoms with Crippen molar-refractivity contribution in [1.29, 1.82) is 5.26 Å². The highest BCUT2D eigenvalue weighted by Gasteiger charge is 2.37. The van der Waals surface area contributed by atoms with E-state index in [2.05, 4.69) is 26.6 Å². The fraction of sp³-hybridized carbons (Fsp3) is 0.444. The van der Waals surface area contributed by atoms with Crippen LogP contribution in [0.5, 0.6) is 0 Å². The molecule has 0 radical (unpaired) electrons. The Balaban J connectivity index is 1.50. The van der Waals surface area contributed by atoms with Gasteiger partial charge in [-0.05, 0) is 25.8 Å². The molecule has 0 bridgehead atoms. The second kappa shape index (κ2) is 7.99. The van der Waals surface area contributed by atoms with Crippen LogP contribution in [0.15, 0.2) is 12.3 Å². The van der Waals surface area contributed by atoms with Gasteiger partial charge in [0.15, 0.2) is 5.65 Å². The van der Waals surface area contributed by atoms with Gasteiger partial charge < -0.3 is 11.1 Å². The number of nitriles is 1. The molecule has 11 nitrogen and oxygen atoms in total. The Morgan fingerprint density at radius 3 is 2.87 bits per heavy atom. The Bertz CT molecular complexity index is 1290. The maximum atomic E-state index is 11.4. The van der Waals surface area contributed by atoms with Crippen LogP contribution in [0.4, 0.5) is 11.6 Å². The first-order chi connectivity index (χ1) is 14.7. The molecule has 2 unspecified atom stereocenters. The van der Waals surface area contributed by atoms with E-state index in [1.165, 1.54) is 4.52 Å². The van der Waals surface area contributed by atoms with Gasteiger partial charge in [-0.2, -0.15) is 28.4 Å². The summed E-state index contributed by atoms with van der Waals surface area (Å²) in [5, 5.41) is 21.6. The van der Waals surface area contributed by atoms with E-state index in [-0.39, 0.29) is 17.4 Å². The third-order valence-electron chi connectivity index (χ3n) is 5.23. The van der Waals surface area contributed by atoms with Gasteiger partial charge in [-0.1, -0.05) is 11.6 Å². The zero-order chi connectivity index (χ0) is 22.3. The summed E-state index contributed by atoms with van der Waals surface area (Å²) in [4.78, 5) is 4.43. The molecule has 4 rings (SSSR count). The molecule has 0 spiro atoms. The van der Waals surface area contributed by atoms with Crippen molar-refractivity contribution in [2.45, 2.75) is 38.3 Å². The van der Waals surface area contributed by atoms with Crippen molar-refractivity contribution >= 4 is 39.0 Å². The number of fused-ring (bicyclic) bond motifs is 1. The Hall–Kier alpha value is -2.88. The molecule has 3 aromatic heterocycles. The van der Waals surface area contributed by atoms with E-state index in [0.717, 1.165) is 18.4 Å². The van der Waals surface area contributed by atoms with E-state index < -0.39 is 16.2 Å². The van der Waals surface area contributed by atoms with Crippen molar-refractivity contribution < 1.29 is 12.6 Å². The molecule has 164 valence electrons. The van der Waals surface area contributed by atoms with Crippen molar-refractivity contribution in [3.8, 4) is 6.07 Å². The smallest absolute Gasteiger partial charge is 0.264 e. The number of anilines is 2. The zero-order valence-electron chi connectivity index (χ0n) is 16.9. The molecule has 13 heteroatoms. The number of hydrogen-bond acceptors (Lipinski definition) is 9. The number of aryl methyl sites for hydroxylation is 1. The van der Waals surface area contributed by atoms with Gasteiger partial charge in [-0.15, -0.1) is 0 Å². The summed E-state index contributed by atoms with van der Waals surface area (Å²) in [6, 6.07) is 3.79. The molecule has 1 aliphatic rings. The minimum atomic E-state index is -3.53. The van der Waals surface area contributed by atoms with E-state index in [1.54, 1.807) is 17.8 Å². The molecular weight excluding hydrogens is 444 g/mol. The number of rotatable bonds is 7. The van der Waals surface area contributed by atoms with Crippen LogP contribution in [0.1, 0.15) is 35.8 Å². The highest BCUT2D eigenvalue weighted by atomic mass is 35.5. The summed E-state index contributed by atoms with van der Waals surface area (Å²) in [5.41, 5.74) is 8.13. The molecule has 31 heavy (non-hydrogen) atoms. The molecule has 1 saturated carbocycles. The molecule has 1 aliphatic carbocycles. The summed E-state index contributed by atoms with van der Waals surface area (Å²) in [6.07, 6.45) is 4.31. The van der Waals surface area contributed by atoms with Gasteiger partial charge in [0.1, 0.15) is 28.3 Å². The second-order valence-electron chi connectivity index (χ2n) is 7.39. The quantitative estimate of drug-likeness (QED) is 0.497. The molecular formula is C18H21ClN8O3S. The lowest BCUT2D eigenvalue weighted by Gasteiger charge is -2.36. The SMILES string of the molecule is Cc1nn2c(N)c(C#N)c(NCCc3ccnn3C3CCC3OS(C)(=O)=O)nc2c1Cl. The van der Waals surface area contributed by atoms with Gasteiger partial charge in [0.25, 0.3) is 10.1 Å². The average molecular weight is 465 g/mol. The molecule has 1 fully saturated rings. The molecule has 3 N–H and O–H groups in total. The summed E-state index contributed by atoms with van der Waals surface area (Å²) in [7, 11) is -3.53. The number of halogens is 1. The number of nitrogens with two attached hydrogens (primary N) is 1. The lowest BCUT2D eigenvalue weighted by molar-refractivity contribution is 0.0519. The minimum absolute atomic E-state index is 0.131. The van der Waals surface area contributed by atoms with E-state index in [4.69, 9.17) is 21.5 Å². The van der Waals surface area contributed by atoms with Crippen molar-refractivity contribution in [2.75, 3.05) is 23.9 Å². The number of hydrogen-bond donors (Lipinski definition) is 2. The van der Waals surface area contributed by atoms with Gasteiger partial charge in [0, 0.05) is 24.9 Å². The molecule has 3 aromatic rings. The maximum absolute atomic E-state index is 11.4. The lowest BCUT2D eigenvalue weighted by atomic mass is 9.89. The fourth-order valence-electron chi connectivity index (χ4n) is 3.60. The van der Waals surface area contributed by atoms with Gasteiger partial charge in [-0.3, -0.25) is 8.86 Å². The van der Waals surface area contributed by atoms with Gasteiger partial charge in [0.2, 0.25) is 0 Å². The first-order valence-electron chi connectivity index (χ1n) is 9.58. The first kappa shape index (κ1) is 21.4. The topological polar surface area (TPSA) is 153 Å².